The standard InChI is InChI=1S/C10H6F2N2O/c11-6-1-2-8(12)7(3-6)9-4-10(15)14-5-13-9/h1-5H,(H,13,14,15). The predicted octanol–water partition coefficient (Wildman–Crippen LogP) is 1.72. The molecule has 15 heavy (non-hydrogen) atoms. The van der Waals surface area contributed by atoms with Crippen LogP contribution in [0.15, 0.2) is 35.4 Å². The first-order chi connectivity index (χ1) is 7.16. The molecule has 0 aliphatic heterocycles. The van der Waals surface area contributed by atoms with Gasteiger partial charge in [0, 0.05) is 11.6 Å². The SMILES string of the molecule is O=c1cc(-c2cc(F)ccc2F)nc[nH]1. The normalized spacial score (nSPS) is 10.3. The lowest BCUT2D eigenvalue weighted by Gasteiger charge is -2.01. The first-order valence-electron chi connectivity index (χ1n) is 4.17. The van der Waals surface area contributed by atoms with Gasteiger partial charge in [-0.1, -0.05) is 0 Å². The Morgan fingerprint density at radius 2 is 2.00 bits per heavy atom. The van der Waals surface area contributed by atoms with Crippen LogP contribution in [0.2, 0.25) is 0 Å². The molecule has 0 saturated heterocycles. The zero-order valence-corrected chi connectivity index (χ0v) is 7.50. The average molecular weight is 208 g/mol. The maximum absolute atomic E-state index is 13.3. The third kappa shape index (κ3) is 1.90. The van der Waals surface area contributed by atoms with E-state index in [-0.39, 0.29) is 11.3 Å². The summed E-state index contributed by atoms with van der Waals surface area (Å²) in [7, 11) is 0. The summed E-state index contributed by atoms with van der Waals surface area (Å²) in [5.74, 6) is -1.19. The van der Waals surface area contributed by atoms with Gasteiger partial charge in [-0.2, -0.15) is 0 Å². The Bertz CT molecular complexity index is 551. The lowest BCUT2D eigenvalue weighted by molar-refractivity contribution is 0.602. The second-order valence-electron chi connectivity index (χ2n) is 2.92. The molecular formula is C10H6F2N2O. The molecule has 0 atom stereocenters. The Hall–Kier alpha value is -2.04. The molecule has 0 fully saturated rings. The Morgan fingerprint density at radius 1 is 1.20 bits per heavy atom. The van der Waals surface area contributed by atoms with E-state index < -0.39 is 17.2 Å². The van der Waals surface area contributed by atoms with Gasteiger partial charge < -0.3 is 4.98 Å². The lowest BCUT2D eigenvalue weighted by Crippen LogP contribution is -2.05. The van der Waals surface area contributed by atoms with Crippen molar-refractivity contribution < 1.29 is 8.78 Å². The Morgan fingerprint density at radius 3 is 2.73 bits per heavy atom. The molecule has 3 nitrogen and oxygen atoms in total. The third-order valence-electron chi connectivity index (χ3n) is 1.88. The maximum atomic E-state index is 13.3. The van der Waals surface area contributed by atoms with E-state index in [1.54, 1.807) is 0 Å². The zero-order valence-electron chi connectivity index (χ0n) is 7.50. The number of benzene rings is 1. The zero-order chi connectivity index (χ0) is 10.8. The van der Waals surface area contributed by atoms with E-state index in [1.807, 2.05) is 0 Å². The molecule has 76 valence electrons. The highest BCUT2D eigenvalue weighted by molar-refractivity contribution is 5.59. The Kier molecular flexibility index (Phi) is 2.29. The highest BCUT2D eigenvalue weighted by atomic mass is 19.1. The van der Waals surface area contributed by atoms with Crippen molar-refractivity contribution in [3.8, 4) is 11.3 Å². The summed E-state index contributed by atoms with van der Waals surface area (Å²) < 4.78 is 26.1. The van der Waals surface area contributed by atoms with E-state index in [1.165, 1.54) is 0 Å². The van der Waals surface area contributed by atoms with E-state index in [0.29, 0.717) is 0 Å². The van der Waals surface area contributed by atoms with Gasteiger partial charge in [-0.15, -0.1) is 0 Å². The summed E-state index contributed by atoms with van der Waals surface area (Å²) in [6, 6.07) is 4.11. The summed E-state index contributed by atoms with van der Waals surface area (Å²) in [5.41, 5.74) is -0.333. The molecule has 2 rings (SSSR count). The van der Waals surface area contributed by atoms with Gasteiger partial charge in [0.05, 0.1) is 12.0 Å². The largest absolute Gasteiger partial charge is 0.313 e. The molecular weight excluding hydrogens is 202 g/mol. The molecule has 5 heteroatoms. The molecule has 2 aromatic rings. The van der Waals surface area contributed by atoms with Gasteiger partial charge in [0.2, 0.25) is 0 Å². The number of halogens is 2. The van der Waals surface area contributed by atoms with Gasteiger partial charge in [-0.05, 0) is 18.2 Å². The molecule has 0 radical (unpaired) electrons. The van der Waals surface area contributed by atoms with Crippen molar-refractivity contribution >= 4 is 0 Å². The van der Waals surface area contributed by atoms with E-state index in [2.05, 4.69) is 9.97 Å². The van der Waals surface area contributed by atoms with Crippen molar-refractivity contribution in [2.24, 2.45) is 0 Å². The van der Waals surface area contributed by atoms with Crippen molar-refractivity contribution in [1.29, 1.82) is 0 Å². The monoisotopic (exact) mass is 208 g/mol. The van der Waals surface area contributed by atoms with Crippen molar-refractivity contribution in [2.45, 2.75) is 0 Å². The topological polar surface area (TPSA) is 45.8 Å². The summed E-state index contributed by atoms with van der Waals surface area (Å²) in [4.78, 5) is 17.0. The van der Waals surface area contributed by atoms with Gasteiger partial charge in [0.15, 0.2) is 0 Å². The molecule has 0 aliphatic rings. The first-order valence-corrected chi connectivity index (χ1v) is 4.17. The Labute approximate surface area is 83.4 Å². The third-order valence-corrected chi connectivity index (χ3v) is 1.88. The summed E-state index contributed by atoms with van der Waals surface area (Å²) in [6.07, 6.45) is 1.14. The molecule has 1 aromatic heterocycles. The molecule has 1 heterocycles. The number of H-pyrrole nitrogens is 1. The second-order valence-corrected chi connectivity index (χ2v) is 2.92. The van der Waals surface area contributed by atoms with Crippen LogP contribution in [0.4, 0.5) is 8.78 Å². The Balaban J connectivity index is 2.63. The molecule has 1 N–H and O–H groups in total. The van der Waals surface area contributed by atoms with Crippen LogP contribution < -0.4 is 5.56 Å². The first kappa shape index (κ1) is 9.51. The van der Waals surface area contributed by atoms with Gasteiger partial charge >= 0.3 is 0 Å². The number of hydrogen-bond donors (Lipinski definition) is 1. The summed E-state index contributed by atoms with van der Waals surface area (Å²) in [6.45, 7) is 0. The van der Waals surface area contributed by atoms with Crippen LogP contribution in [0.25, 0.3) is 11.3 Å². The van der Waals surface area contributed by atoms with Crippen molar-refractivity contribution in [3.05, 3.63) is 52.6 Å². The van der Waals surface area contributed by atoms with Gasteiger partial charge in [0.1, 0.15) is 11.6 Å². The molecule has 0 amide bonds. The van der Waals surface area contributed by atoms with Crippen LogP contribution in [0.1, 0.15) is 0 Å². The smallest absolute Gasteiger partial charge is 0.251 e. The minimum absolute atomic E-state index is 0.0268. The quantitative estimate of drug-likeness (QED) is 0.775. The number of hydrogen-bond acceptors (Lipinski definition) is 2. The van der Waals surface area contributed by atoms with Gasteiger partial charge in [0.25, 0.3) is 5.56 Å². The molecule has 1 aromatic carbocycles. The second kappa shape index (κ2) is 3.61. The van der Waals surface area contributed by atoms with Crippen LogP contribution in [-0.2, 0) is 0 Å². The van der Waals surface area contributed by atoms with Crippen LogP contribution in [-0.4, -0.2) is 9.97 Å². The van der Waals surface area contributed by atoms with Gasteiger partial charge in [-0.25, -0.2) is 13.8 Å². The number of aromatic nitrogens is 2. The highest BCUT2D eigenvalue weighted by Gasteiger charge is 2.07. The summed E-state index contributed by atoms with van der Waals surface area (Å²) in [5, 5.41) is 0. The van der Waals surface area contributed by atoms with Crippen molar-refractivity contribution in [2.75, 3.05) is 0 Å². The van der Waals surface area contributed by atoms with Crippen molar-refractivity contribution in [3.63, 3.8) is 0 Å². The molecule has 0 unspecified atom stereocenters. The van der Waals surface area contributed by atoms with Gasteiger partial charge in [-0.3, -0.25) is 4.79 Å². The fourth-order valence-corrected chi connectivity index (χ4v) is 1.21. The van der Waals surface area contributed by atoms with E-state index in [4.69, 9.17) is 0 Å². The van der Waals surface area contributed by atoms with E-state index >= 15 is 0 Å². The van der Waals surface area contributed by atoms with E-state index in [0.717, 1.165) is 30.6 Å². The van der Waals surface area contributed by atoms with Crippen LogP contribution >= 0.6 is 0 Å². The lowest BCUT2D eigenvalue weighted by atomic mass is 10.1. The van der Waals surface area contributed by atoms with Crippen molar-refractivity contribution in [1.82, 2.24) is 9.97 Å². The minimum atomic E-state index is -0.616. The highest BCUT2D eigenvalue weighted by Crippen LogP contribution is 2.19. The minimum Gasteiger partial charge on any atom is -0.313 e. The average Bonchev–Trinajstić information content (AvgIpc) is 2.22. The molecule has 0 aliphatic carbocycles. The number of nitrogens with one attached hydrogen (secondary N) is 1. The maximum Gasteiger partial charge on any atom is 0.251 e. The van der Waals surface area contributed by atoms with E-state index in [9.17, 15) is 13.6 Å². The molecule has 0 saturated carbocycles. The fourth-order valence-electron chi connectivity index (χ4n) is 1.21. The van der Waals surface area contributed by atoms with Crippen LogP contribution in [0, 0.1) is 11.6 Å². The van der Waals surface area contributed by atoms with Crippen LogP contribution in [0.5, 0.6) is 0 Å². The predicted molar refractivity (Wildman–Crippen MR) is 50.2 cm³/mol. The molecule has 0 spiro atoms. The number of aromatic amines is 1. The van der Waals surface area contributed by atoms with Crippen LogP contribution in [0.3, 0.4) is 0 Å². The number of nitrogens with zero attached hydrogens (tertiary/aromatic N) is 1. The summed E-state index contributed by atoms with van der Waals surface area (Å²) >= 11 is 0. The molecule has 0 bridgehead atoms. The fraction of sp³-hybridized carbons (Fsp3) is 0. The number of rotatable bonds is 1.